The molecule has 132 valence electrons. The molecule has 0 aromatic heterocycles. The van der Waals surface area contributed by atoms with Gasteiger partial charge in [0.2, 0.25) is 0 Å². The third-order valence-electron chi connectivity index (χ3n) is 3.78. The van der Waals surface area contributed by atoms with Crippen LogP contribution < -0.4 is 10.1 Å². The maximum Gasteiger partial charge on any atom is 0.123 e. The van der Waals surface area contributed by atoms with E-state index in [-0.39, 0.29) is 5.82 Å². The predicted molar refractivity (Wildman–Crippen MR) is 107 cm³/mol. The van der Waals surface area contributed by atoms with Gasteiger partial charge in [-0.15, -0.1) is 0 Å². The average Bonchev–Trinajstić information content (AvgIpc) is 2.67. The fourth-order valence-electron chi connectivity index (χ4n) is 2.36. The van der Waals surface area contributed by atoms with Gasteiger partial charge in [-0.2, -0.15) is 0 Å². The lowest BCUT2D eigenvalue weighted by molar-refractivity contribution is 0.306. The molecule has 2 nitrogen and oxygen atoms in total. The second kappa shape index (κ2) is 8.79. The van der Waals surface area contributed by atoms with Crippen LogP contribution in [0.1, 0.15) is 16.7 Å². The summed E-state index contributed by atoms with van der Waals surface area (Å²) in [5.74, 6) is 0.491. The van der Waals surface area contributed by atoms with E-state index in [0.717, 1.165) is 22.4 Å². The van der Waals surface area contributed by atoms with E-state index in [1.807, 2.05) is 48.5 Å². The summed E-state index contributed by atoms with van der Waals surface area (Å²) < 4.78 is 18.8. The quantitative estimate of drug-likeness (QED) is 0.564. The minimum Gasteiger partial charge on any atom is -0.489 e. The Hall–Kier alpha value is -2.43. The van der Waals surface area contributed by atoms with E-state index in [1.165, 1.54) is 12.1 Å². The first-order valence-electron chi connectivity index (χ1n) is 8.10. The second-order valence-corrected chi connectivity index (χ2v) is 6.60. The maximum absolute atomic E-state index is 12.9. The zero-order valence-electron chi connectivity index (χ0n) is 13.9. The Bertz CT molecular complexity index is 881. The van der Waals surface area contributed by atoms with Crippen LogP contribution in [0.4, 0.5) is 4.39 Å². The summed E-state index contributed by atoms with van der Waals surface area (Å²) in [4.78, 5) is 0.617. The van der Waals surface area contributed by atoms with Crippen LogP contribution >= 0.6 is 23.8 Å². The third kappa shape index (κ3) is 5.28. The summed E-state index contributed by atoms with van der Waals surface area (Å²) in [5, 5.41) is 3.88. The van der Waals surface area contributed by atoms with Crippen molar-refractivity contribution in [1.29, 1.82) is 0 Å². The Labute approximate surface area is 162 Å². The summed E-state index contributed by atoms with van der Waals surface area (Å²) in [7, 11) is 0. The summed E-state index contributed by atoms with van der Waals surface area (Å²) in [6, 6.07) is 21.5. The first-order valence-corrected chi connectivity index (χ1v) is 8.89. The molecular formula is C21H17ClFNOS. The molecule has 0 aliphatic heterocycles. The minimum absolute atomic E-state index is 0.248. The van der Waals surface area contributed by atoms with Crippen molar-refractivity contribution < 1.29 is 9.13 Å². The molecule has 5 heteroatoms. The first kappa shape index (κ1) is 18.4. The van der Waals surface area contributed by atoms with Crippen molar-refractivity contribution >= 4 is 28.8 Å². The smallest absolute Gasteiger partial charge is 0.123 e. The molecule has 3 aromatic carbocycles. The van der Waals surface area contributed by atoms with Crippen molar-refractivity contribution in [1.82, 2.24) is 5.32 Å². The lowest BCUT2D eigenvalue weighted by atomic mass is 10.2. The Kier molecular flexibility index (Phi) is 6.21. The number of rotatable bonds is 6. The van der Waals surface area contributed by atoms with E-state index in [9.17, 15) is 4.39 Å². The van der Waals surface area contributed by atoms with E-state index < -0.39 is 0 Å². The van der Waals surface area contributed by atoms with Gasteiger partial charge in [0.25, 0.3) is 0 Å². The molecule has 3 rings (SSSR count). The number of benzene rings is 3. The number of nitrogens with one attached hydrogen (secondary N) is 1. The Balaban J connectivity index is 1.58. The maximum atomic E-state index is 12.9. The number of thiocarbonyl (C=S) groups is 1. The van der Waals surface area contributed by atoms with Crippen LogP contribution in [-0.2, 0) is 13.2 Å². The molecule has 0 bridgehead atoms. The molecule has 0 atom stereocenters. The number of ether oxygens (including phenoxy) is 1. The van der Waals surface area contributed by atoms with Gasteiger partial charge in [0.05, 0.1) is 0 Å². The monoisotopic (exact) mass is 385 g/mol. The molecule has 1 N–H and O–H groups in total. The molecule has 0 spiro atoms. The highest BCUT2D eigenvalue weighted by atomic mass is 35.5. The predicted octanol–water partition coefficient (Wildman–Crippen LogP) is 5.52. The molecule has 0 saturated heterocycles. The molecule has 3 aromatic rings. The standard InChI is InChI=1S/C21H17ClFNOS/c22-18-8-4-16(5-9-18)14-25-20-3-1-2-17(12-20)21(26)24-13-15-6-10-19(23)11-7-15/h1-12H,13-14H2,(H,24,26). The molecule has 0 saturated carbocycles. The largest absolute Gasteiger partial charge is 0.489 e. The second-order valence-electron chi connectivity index (χ2n) is 5.75. The van der Waals surface area contributed by atoms with Crippen molar-refractivity contribution in [2.45, 2.75) is 13.2 Å². The normalized spacial score (nSPS) is 10.4. The Morgan fingerprint density at radius 1 is 0.962 bits per heavy atom. The van der Waals surface area contributed by atoms with Gasteiger partial charge in [-0.1, -0.05) is 60.2 Å². The van der Waals surface area contributed by atoms with Crippen LogP contribution in [0.2, 0.25) is 5.02 Å². The van der Waals surface area contributed by atoms with Crippen LogP contribution in [0, 0.1) is 5.82 Å². The number of hydrogen-bond acceptors (Lipinski definition) is 2. The van der Waals surface area contributed by atoms with Crippen molar-refractivity contribution in [3.05, 3.63) is 100 Å². The van der Waals surface area contributed by atoms with Gasteiger partial charge in [0, 0.05) is 17.1 Å². The topological polar surface area (TPSA) is 21.3 Å². The molecule has 26 heavy (non-hydrogen) atoms. The molecule has 0 fully saturated rings. The SMILES string of the molecule is Fc1ccc(CNC(=S)c2cccc(OCc3ccc(Cl)cc3)c2)cc1. The van der Waals surface area contributed by atoms with Crippen LogP contribution in [0.25, 0.3) is 0 Å². The number of halogens is 2. The fourth-order valence-corrected chi connectivity index (χ4v) is 2.69. The Morgan fingerprint density at radius 2 is 1.65 bits per heavy atom. The highest BCUT2D eigenvalue weighted by Gasteiger charge is 2.04. The molecular weight excluding hydrogens is 369 g/mol. The summed E-state index contributed by atoms with van der Waals surface area (Å²) in [6.45, 7) is 0.991. The summed E-state index contributed by atoms with van der Waals surface area (Å²) in [6.07, 6.45) is 0. The van der Waals surface area contributed by atoms with Gasteiger partial charge >= 0.3 is 0 Å². The third-order valence-corrected chi connectivity index (χ3v) is 4.41. The van der Waals surface area contributed by atoms with Crippen molar-refractivity contribution in [3.8, 4) is 5.75 Å². The number of hydrogen-bond donors (Lipinski definition) is 1. The van der Waals surface area contributed by atoms with Gasteiger partial charge in [-0.05, 0) is 47.5 Å². The van der Waals surface area contributed by atoms with Crippen LogP contribution in [0.3, 0.4) is 0 Å². The highest BCUT2D eigenvalue weighted by Crippen LogP contribution is 2.17. The van der Waals surface area contributed by atoms with Gasteiger partial charge in [0.15, 0.2) is 0 Å². The molecule has 0 aliphatic carbocycles. The zero-order chi connectivity index (χ0) is 18.4. The van der Waals surface area contributed by atoms with Crippen molar-refractivity contribution in [2.75, 3.05) is 0 Å². The van der Waals surface area contributed by atoms with E-state index >= 15 is 0 Å². The Morgan fingerprint density at radius 3 is 2.38 bits per heavy atom. The van der Waals surface area contributed by atoms with Gasteiger partial charge in [-0.3, -0.25) is 0 Å². The van der Waals surface area contributed by atoms with Crippen LogP contribution in [0.15, 0.2) is 72.8 Å². The summed E-state index contributed by atoms with van der Waals surface area (Å²) in [5.41, 5.74) is 2.87. The zero-order valence-corrected chi connectivity index (χ0v) is 15.5. The van der Waals surface area contributed by atoms with Gasteiger partial charge in [-0.25, -0.2) is 4.39 Å². The van der Waals surface area contributed by atoms with Crippen LogP contribution in [-0.4, -0.2) is 4.99 Å². The van der Waals surface area contributed by atoms with Gasteiger partial charge < -0.3 is 10.1 Å². The van der Waals surface area contributed by atoms with E-state index in [4.69, 9.17) is 28.6 Å². The first-order chi connectivity index (χ1) is 12.6. The van der Waals surface area contributed by atoms with Crippen molar-refractivity contribution in [2.24, 2.45) is 0 Å². The summed E-state index contributed by atoms with van der Waals surface area (Å²) >= 11 is 11.3. The average molecular weight is 386 g/mol. The van der Waals surface area contributed by atoms with E-state index in [1.54, 1.807) is 12.1 Å². The lowest BCUT2D eigenvalue weighted by Crippen LogP contribution is -2.21. The molecule has 0 unspecified atom stereocenters. The van der Waals surface area contributed by atoms with E-state index in [0.29, 0.717) is 23.2 Å². The lowest BCUT2D eigenvalue weighted by Gasteiger charge is -2.11. The van der Waals surface area contributed by atoms with Crippen LogP contribution in [0.5, 0.6) is 5.75 Å². The minimum atomic E-state index is -0.248. The van der Waals surface area contributed by atoms with E-state index in [2.05, 4.69) is 5.32 Å². The molecule has 0 heterocycles. The highest BCUT2D eigenvalue weighted by molar-refractivity contribution is 7.80. The van der Waals surface area contributed by atoms with Crippen molar-refractivity contribution in [3.63, 3.8) is 0 Å². The molecule has 0 amide bonds. The molecule has 0 radical (unpaired) electrons. The molecule has 0 aliphatic rings. The fraction of sp³-hybridized carbons (Fsp3) is 0.0952. The van der Waals surface area contributed by atoms with Gasteiger partial charge in [0.1, 0.15) is 23.2 Å².